The number of ether oxygens (including phenoxy) is 1. The number of aryl methyl sites for hydroxylation is 4. The first-order chi connectivity index (χ1) is 14.5. The first kappa shape index (κ1) is 20.2. The fourth-order valence-electron chi connectivity index (χ4n) is 4.20. The molecule has 5 heteroatoms. The van der Waals surface area contributed by atoms with Gasteiger partial charge in [0, 0.05) is 40.8 Å². The molecular weight excluding hydrogens is 376 g/mol. The molecule has 2 aromatic heterocycles. The Bertz CT molecular complexity index is 1140. The van der Waals surface area contributed by atoms with Crippen molar-refractivity contribution >= 4 is 28.3 Å². The Morgan fingerprint density at radius 3 is 2.83 bits per heavy atom. The maximum Gasteiger partial charge on any atom is 0.249 e. The molecule has 0 aliphatic heterocycles. The third-order valence-electron chi connectivity index (χ3n) is 5.65. The van der Waals surface area contributed by atoms with Crippen LogP contribution in [0.15, 0.2) is 34.9 Å². The predicted molar refractivity (Wildman–Crippen MR) is 120 cm³/mol. The van der Waals surface area contributed by atoms with E-state index in [0.717, 1.165) is 57.6 Å². The van der Waals surface area contributed by atoms with Gasteiger partial charge >= 0.3 is 0 Å². The van der Waals surface area contributed by atoms with Crippen molar-refractivity contribution in [2.75, 3.05) is 11.9 Å². The van der Waals surface area contributed by atoms with Crippen LogP contribution in [0.3, 0.4) is 0 Å². The van der Waals surface area contributed by atoms with E-state index in [-0.39, 0.29) is 5.91 Å². The fraction of sp³-hybridized carbons (Fsp3) is 0.360. The molecule has 0 unspecified atom stereocenters. The summed E-state index contributed by atoms with van der Waals surface area (Å²) in [7, 11) is 0. The van der Waals surface area contributed by atoms with Gasteiger partial charge in [-0.15, -0.1) is 0 Å². The monoisotopic (exact) mass is 404 g/mol. The molecule has 4 rings (SSSR count). The molecule has 30 heavy (non-hydrogen) atoms. The summed E-state index contributed by atoms with van der Waals surface area (Å²) in [6.07, 6.45) is 7.68. The highest BCUT2D eigenvalue weighted by molar-refractivity contribution is 6.04. The summed E-state index contributed by atoms with van der Waals surface area (Å²) in [5.41, 5.74) is 6.04. The van der Waals surface area contributed by atoms with Gasteiger partial charge in [-0.25, -0.2) is 4.98 Å². The summed E-state index contributed by atoms with van der Waals surface area (Å²) in [5, 5.41) is 3.99. The molecule has 0 bridgehead atoms. The van der Waals surface area contributed by atoms with E-state index in [1.165, 1.54) is 18.4 Å². The number of allylic oxidation sites excluding steroid dienone is 1. The highest BCUT2D eigenvalue weighted by atomic mass is 16.5. The number of fused-ring (bicyclic) bond motifs is 3. The number of nitrogens with one attached hydrogen (secondary N) is 1. The van der Waals surface area contributed by atoms with Crippen molar-refractivity contribution in [1.29, 1.82) is 0 Å². The van der Waals surface area contributed by atoms with Gasteiger partial charge in [-0.3, -0.25) is 4.79 Å². The molecule has 0 saturated carbocycles. The number of hydrogen-bond donors (Lipinski definition) is 1. The predicted octanol–water partition coefficient (Wildman–Crippen LogP) is 5.76. The van der Waals surface area contributed by atoms with E-state index in [4.69, 9.17) is 9.15 Å². The molecule has 5 nitrogen and oxygen atoms in total. The molecule has 1 amide bonds. The van der Waals surface area contributed by atoms with Crippen molar-refractivity contribution in [3.05, 3.63) is 58.5 Å². The quantitative estimate of drug-likeness (QED) is 0.549. The maximum absolute atomic E-state index is 12.6. The van der Waals surface area contributed by atoms with Crippen LogP contribution in [-0.2, 0) is 17.6 Å². The Labute approximate surface area is 177 Å². The van der Waals surface area contributed by atoms with Crippen LogP contribution in [0.4, 0.5) is 5.82 Å². The van der Waals surface area contributed by atoms with E-state index in [1.54, 1.807) is 12.3 Å². The number of benzene rings is 1. The van der Waals surface area contributed by atoms with Gasteiger partial charge in [0.15, 0.2) is 0 Å². The molecule has 1 N–H and O–H groups in total. The lowest BCUT2D eigenvalue weighted by atomic mass is 9.93. The molecule has 0 spiro atoms. The van der Waals surface area contributed by atoms with Crippen LogP contribution in [0.2, 0.25) is 0 Å². The van der Waals surface area contributed by atoms with Crippen LogP contribution in [0, 0.1) is 13.8 Å². The molecular formula is C25H28N2O3. The van der Waals surface area contributed by atoms with Crippen LogP contribution >= 0.6 is 0 Å². The van der Waals surface area contributed by atoms with Crippen LogP contribution in [0.1, 0.15) is 54.7 Å². The third kappa shape index (κ3) is 3.84. The van der Waals surface area contributed by atoms with E-state index < -0.39 is 0 Å². The Kier molecular flexibility index (Phi) is 5.62. The van der Waals surface area contributed by atoms with Crippen LogP contribution in [-0.4, -0.2) is 17.5 Å². The number of pyridine rings is 1. The van der Waals surface area contributed by atoms with E-state index in [1.807, 2.05) is 39.8 Å². The summed E-state index contributed by atoms with van der Waals surface area (Å²) < 4.78 is 12.2. The van der Waals surface area contributed by atoms with Gasteiger partial charge in [0.2, 0.25) is 5.91 Å². The zero-order valence-electron chi connectivity index (χ0n) is 18.1. The highest BCUT2D eigenvalue weighted by Crippen LogP contribution is 2.41. The van der Waals surface area contributed by atoms with Gasteiger partial charge in [-0.2, -0.15) is 0 Å². The zero-order valence-corrected chi connectivity index (χ0v) is 18.1. The van der Waals surface area contributed by atoms with Crippen LogP contribution < -0.4 is 10.1 Å². The van der Waals surface area contributed by atoms with Gasteiger partial charge in [-0.1, -0.05) is 0 Å². The molecule has 1 aliphatic carbocycles. The minimum atomic E-state index is -0.208. The number of furan rings is 1. The van der Waals surface area contributed by atoms with Gasteiger partial charge in [-0.05, 0) is 76.3 Å². The Balaban J connectivity index is 1.74. The fourth-order valence-corrected chi connectivity index (χ4v) is 4.20. The summed E-state index contributed by atoms with van der Waals surface area (Å²) in [6, 6.07) is 5.88. The molecule has 2 heterocycles. The Morgan fingerprint density at radius 2 is 2.07 bits per heavy atom. The molecule has 1 aliphatic rings. The molecule has 0 fully saturated rings. The summed E-state index contributed by atoms with van der Waals surface area (Å²) in [5.74, 6) is 2.22. The molecule has 0 saturated heterocycles. The van der Waals surface area contributed by atoms with Crippen molar-refractivity contribution in [2.45, 2.75) is 53.4 Å². The van der Waals surface area contributed by atoms with Crippen molar-refractivity contribution < 1.29 is 13.9 Å². The van der Waals surface area contributed by atoms with E-state index in [0.29, 0.717) is 12.4 Å². The third-order valence-corrected chi connectivity index (χ3v) is 5.65. The average Bonchev–Trinajstić information content (AvgIpc) is 3.09. The van der Waals surface area contributed by atoms with Gasteiger partial charge in [0.05, 0.1) is 6.61 Å². The molecule has 156 valence electrons. The summed E-state index contributed by atoms with van der Waals surface area (Å²) >= 11 is 0. The van der Waals surface area contributed by atoms with Gasteiger partial charge in [0.25, 0.3) is 0 Å². The van der Waals surface area contributed by atoms with Crippen molar-refractivity contribution in [1.82, 2.24) is 4.98 Å². The molecule has 0 atom stereocenters. The lowest BCUT2D eigenvalue weighted by Crippen LogP contribution is -2.10. The lowest BCUT2D eigenvalue weighted by molar-refractivity contribution is -0.111. The number of carbonyl (C=O) groups excluding carboxylic acids is 1. The molecule has 0 radical (unpaired) electrons. The topological polar surface area (TPSA) is 64.4 Å². The maximum atomic E-state index is 12.6. The molecule has 3 aromatic rings. The Morgan fingerprint density at radius 1 is 1.27 bits per heavy atom. The highest BCUT2D eigenvalue weighted by Gasteiger charge is 2.23. The largest absolute Gasteiger partial charge is 0.493 e. The molecule has 1 aromatic carbocycles. The average molecular weight is 405 g/mol. The van der Waals surface area contributed by atoms with E-state index >= 15 is 0 Å². The van der Waals surface area contributed by atoms with E-state index in [9.17, 15) is 4.79 Å². The minimum absolute atomic E-state index is 0.208. The number of amides is 1. The standard InChI is InChI=1S/C25H28N2O3/c1-5-29-24-17(4)25-20(18-8-6-7-9-21(18)30-25)14-19(24)16(3)13-23(28)27-22-12-15(2)10-11-26-22/h10-14H,5-9H2,1-4H3,(H,26,27,28)/b16-13+. The number of aromatic nitrogens is 1. The first-order valence-electron chi connectivity index (χ1n) is 10.6. The second-order valence-electron chi connectivity index (χ2n) is 7.93. The summed E-state index contributed by atoms with van der Waals surface area (Å²) in [4.78, 5) is 16.8. The number of nitrogens with zero attached hydrogens (tertiary/aromatic N) is 1. The normalized spacial score (nSPS) is 13.9. The number of carbonyl (C=O) groups is 1. The Hall–Kier alpha value is -3.08. The second-order valence-corrected chi connectivity index (χ2v) is 7.93. The number of anilines is 1. The van der Waals surface area contributed by atoms with Crippen molar-refractivity contribution in [3.8, 4) is 5.75 Å². The van der Waals surface area contributed by atoms with E-state index in [2.05, 4.69) is 16.4 Å². The zero-order chi connectivity index (χ0) is 21.3. The van der Waals surface area contributed by atoms with Crippen LogP contribution in [0.25, 0.3) is 16.5 Å². The van der Waals surface area contributed by atoms with Crippen molar-refractivity contribution in [3.63, 3.8) is 0 Å². The van der Waals surface area contributed by atoms with Crippen molar-refractivity contribution in [2.24, 2.45) is 0 Å². The number of hydrogen-bond acceptors (Lipinski definition) is 4. The smallest absolute Gasteiger partial charge is 0.249 e. The first-order valence-corrected chi connectivity index (χ1v) is 10.6. The van der Waals surface area contributed by atoms with Gasteiger partial charge < -0.3 is 14.5 Å². The lowest BCUT2D eigenvalue weighted by Gasteiger charge is -2.15. The number of rotatable bonds is 5. The summed E-state index contributed by atoms with van der Waals surface area (Å²) in [6.45, 7) is 8.47. The second kappa shape index (κ2) is 8.34. The SMILES string of the molecule is CCOc1c(/C(C)=C/C(=O)Nc2cc(C)ccn2)cc2c3c(oc2c1C)CCCC3. The minimum Gasteiger partial charge on any atom is -0.493 e. The van der Waals surface area contributed by atoms with Crippen LogP contribution in [0.5, 0.6) is 5.75 Å². The van der Waals surface area contributed by atoms with Gasteiger partial charge in [0.1, 0.15) is 22.9 Å².